The van der Waals surface area contributed by atoms with Gasteiger partial charge in [-0.05, 0) is 25.8 Å². The molecule has 0 radical (unpaired) electrons. The number of carbonyl (C=O) groups excluding carboxylic acids is 1. The van der Waals surface area contributed by atoms with Crippen molar-refractivity contribution in [3.63, 3.8) is 0 Å². The summed E-state index contributed by atoms with van der Waals surface area (Å²) < 4.78 is 6.24. The van der Waals surface area contributed by atoms with Gasteiger partial charge in [-0.15, -0.1) is 0 Å². The molecule has 2 heterocycles. The monoisotopic (exact) mass is 259 g/mol. The molecule has 0 unspecified atom stereocenters. The van der Waals surface area contributed by atoms with Gasteiger partial charge in [-0.3, -0.25) is 9.59 Å². The van der Waals surface area contributed by atoms with Crippen LogP contribution in [0.4, 0.5) is 0 Å². The van der Waals surface area contributed by atoms with Crippen molar-refractivity contribution < 1.29 is 9.42 Å². The molecule has 0 saturated heterocycles. The van der Waals surface area contributed by atoms with E-state index in [-0.39, 0.29) is 11.3 Å². The van der Waals surface area contributed by atoms with E-state index in [9.17, 15) is 9.59 Å². The Labute approximate surface area is 109 Å². The first kappa shape index (κ1) is 11.8. The Balaban J connectivity index is 2.10. The third-order valence-electron chi connectivity index (χ3n) is 3.47. The van der Waals surface area contributed by atoms with Crippen LogP contribution in [0, 0.1) is 6.92 Å². The maximum Gasteiger partial charge on any atom is 0.251 e. The normalized spacial score (nSPS) is 14.5. The summed E-state index contributed by atoms with van der Waals surface area (Å²) in [6.45, 7) is 2.07. The lowest BCUT2D eigenvalue weighted by Gasteiger charge is -2.19. The highest BCUT2D eigenvalue weighted by atomic mass is 16.6. The highest BCUT2D eigenvalue weighted by molar-refractivity contribution is 5.97. The van der Waals surface area contributed by atoms with E-state index in [1.54, 1.807) is 17.6 Å². The van der Waals surface area contributed by atoms with E-state index in [1.165, 1.54) is 6.07 Å². The van der Waals surface area contributed by atoms with Gasteiger partial charge in [-0.25, -0.2) is 4.63 Å². The molecule has 3 rings (SSSR count). The highest BCUT2D eigenvalue weighted by Gasteiger charge is 2.21. The van der Waals surface area contributed by atoms with Crippen LogP contribution < -0.4 is 5.56 Å². The summed E-state index contributed by atoms with van der Waals surface area (Å²) in [5.74, 6) is 0.102. The van der Waals surface area contributed by atoms with E-state index < -0.39 is 0 Å². The minimum Gasteiger partial charge on any atom is -0.306 e. The topological polar surface area (TPSA) is 78.0 Å². The average molecular weight is 259 g/mol. The van der Waals surface area contributed by atoms with E-state index >= 15 is 0 Å². The predicted molar refractivity (Wildman–Crippen MR) is 66.1 cm³/mol. The van der Waals surface area contributed by atoms with Crippen molar-refractivity contribution in [2.24, 2.45) is 0 Å². The molecule has 2 aromatic rings. The number of aryl methyl sites for hydroxylation is 1. The minimum absolute atomic E-state index is 0.102. The fraction of sp³-hybridized carbons (Fsp3) is 0.385. The van der Waals surface area contributed by atoms with Gasteiger partial charge in [0.25, 0.3) is 5.56 Å². The molecular weight excluding hydrogens is 246 g/mol. The Kier molecular flexibility index (Phi) is 2.77. The van der Waals surface area contributed by atoms with Crippen LogP contribution in [0.25, 0.3) is 0 Å². The van der Waals surface area contributed by atoms with Gasteiger partial charge in [-0.1, -0.05) is 10.3 Å². The molecule has 0 atom stereocenters. The van der Waals surface area contributed by atoms with E-state index in [1.807, 2.05) is 0 Å². The SMILES string of the molecule is Cc1nonc1Cn1c2c(ccc1=O)C(=O)CCC2. The fourth-order valence-corrected chi connectivity index (χ4v) is 2.41. The van der Waals surface area contributed by atoms with Gasteiger partial charge in [0.05, 0.1) is 6.54 Å². The van der Waals surface area contributed by atoms with Crippen molar-refractivity contribution in [2.75, 3.05) is 0 Å². The highest BCUT2D eigenvalue weighted by Crippen LogP contribution is 2.20. The Hall–Kier alpha value is -2.24. The van der Waals surface area contributed by atoms with Gasteiger partial charge in [0, 0.05) is 23.7 Å². The van der Waals surface area contributed by atoms with Crippen molar-refractivity contribution in [1.82, 2.24) is 14.9 Å². The summed E-state index contributed by atoms with van der Waals surface area (Å²) in [5, 5.41) is 7.49. The second-order valence-corrected chi connectivity index (χ2v) is 4.69. The Morgan fingerprint density at radius 3 is 2.84 bits per heavy atom. The number of pyridine rings is 1. The molecule has 0 fully saturated rings. The first-order valence-corrected chi connectivity index (χ1v) is 6.21. The number of rotatable bonds is 2. The van der Waals surface area contributed by atoms with Gasteiger partial charge >= 0.3 is 0 Å². The number of hydrogen-bond donors (Lipinski definition) is 0. The van der Waals surface area contributed by atoms with E-state index in [4.69, 9.17) is 0 Å². The van der Waals surface area contributed by atoms with Crippen molar-refractivity contribution in [2.45, 2.75) is 32.7 Å². The molecule has 0 spiro atoms. The minimum atomic E-state index is -0.129. The van der Waals surface area contributed by atoms with Crippen LogP contribution in [-0.4, -0.2) is 20.7 Å². The Morgan fingerprint density at radius 2 is 2.11 bits per heavy atom. The standard InChI is InChI=1S/C13H13N3O3/c1-8-10(15-19-14-8)7-16-11-3-2-4-12(17)9(11)5-6-13(16)18/h5-6H,2-4,7H2,1H3. The van der Waals surface area contributed by atoms with Crippen LogP contribution in [0.5, 0.6) is 0 Å². The number of carbonyl (C=O) groups is 1. The zero-order chi connectivity index (χ0) is 13.4. The average Bonchev–Trinajstić information content (AvgIpc) is 2.79. The molecule has 0 amide bonds. The molecule has 98 valence electrons. The van der Waals surface area contributed by atoms with Crippen LogP contribution >= 0.6 is 0 Å². The smallest absolute Gasteiger partial charge is 0.251 e. The van der Waals surface area contributed by atoms with Gasteiger partial charge < -0.3 is 4.57 Å². The molecule has 0 aromatic carbocycles. The first-order valence-electron chi connectivity index (χ1n) is 6.21. The van der Waals surface area contributed by atoms with E-state index in [0.717, 1.165) is 18.5 Å². The molecule has 0 aliphatic heterocycles. The lowest BCUT2D eigenvalue weighted by Crippen LogP contribution is -2.28. The maximum absolute atomic E-state index is 12.0. The van der Waals surface area contributed by atoms with Crippen LogP contribution in [0.1, 0.15) is 40.3 Å². The zero-order valence-electron chi connectivity index (χ0n) is 10.5. The largest absolute Gasteiger partial charge is 0.306 e. The molecule has 6 heteroatoms. The number of aromatic nitrogens is 3. The molecule has 19 heavy (non-hydrogen) atoms. The zero-order valence-corrected chi connectivity index (χ0v) is 10.5. The van der Waals surface area contributed by atoms with Crippen molar-refractivity contribution in [3.05, 3.63) is 45.1 Å². The van der Waals surface area contributed by atoms with Crippen LogP contribution in [-0.2, 0) is 13.0 Å². The Bertz CT molecular complexity index is 699. The summed E-state index contributed by atoms with van der Waals surface area (Å²) in [7, 11) is 0. The molecular formula is C13H13N3O3. The maximum atomic E-state index is 12.0. The molecule has 6 nitrogen and oxygen atoms in total. The van der Waals surface area contributed by atoms with Crippen molar-refractivity contribution in [1.29, 1.82) is 0 Å². The molecule has 0 N–H and O–H groups in total. The van der Waals surface area contributed by atoms with Crippen molar-refractivity contribution >= 4 is 5.78 Å². The lowest BCUT2D eigenvalue weighted by atomic mass is 9.94. The number of fused-ring (bicyclic) bond motifs is 1. The Morgan fingerprint density at radius 1 is 1.26 bits per heavy atom. The van der Waals surface area contributed by atoms with Gasteiger partial charge in [0.1, 0.15) is 11.4 Å². The van der Waals surface area contributed by atoms with Crippen LogP contribution in [0.2, 0.25) is 0 Å². The van der Waals surface area contributed by atoms with Crippen LogP contribution in [0.3, 0.4) is 0 Å². The number of Topliss-reactive ketones (excluding diaryl/α,β-unsaturated/α-hetero) is 1. The molecule has 1 aliphatic carbocycles. The second-order valence-electron chi connectivity index (χ2n) is 4.69. The first-order chi connectivity index (χ1) is 9.16. The van der Waals surface area contributed by atoms with E-state index in [2.05, 4.69) is 14.9 Å². The second kappa shape index (κ2) is 4.46. The summed E-state index contributed by atoms with van der Waals surface area (Å²) in [6, 6.07) is 3.06. The van der Waals surface area contributed by atoms with Crippen LogP contribution in [0.15, 0.2) is 21.6 Å². The van der Waals surface area contributed by atoms with Gasteiger partial charge in [0.15, 0.2) is 5.78 Å². The quantitative estimate of drug-likeness (QED) is 0.807. The van der Waals surface area contributed by atoms with Gasteiger partial charge in [0.2, 0.25) is 0 Å². The summed E-state index contributed by atoms with van der Waals surface area (Å²) in [4.78, 5) is 23.9. The molecule has 2 aromatic heterocycles. The molecule has 1 aliphatic rings. The van der Waals surface area contributed by atoms with Gasteiger partial charge in [-0.2, -0.15) is 0 Å². The lowest BCUT2D eigenvalue weighted by molar-refractivity contribution is 0.0970. The number of hydrogen-bond acceptors (Lipinski definition) is 5. The third kappa shape index (κ3) is 1.99. The third-order valence-corrected chi connectivity index (χ3v) is 3.47. The fourth-order valence-electron chi connectivity index (χ4n) is 2.41. The summed E-state index contributed by atoms with van der Waals surface area (Å²) in [6.07, 6.45) is 2.07. The number of ketones is 1. The number of nitrogens with zero attached hydrogens (tertiary/aromatic N) is 3. The van der Waals surface area contributed by atoms with Crippen molar-refractivity contribution in [3.8, 4) is 0 Å². The summed E-state index contributed by atoms with van der Waals surface area (Å²) >= 11 is 0. The molecule has 0 bridgehead atoms. The predicted octanol–water partition coefficient (Wildman–Crippen LogP) is 1.11. The molecule has 0 saturated carbocycles. The summed E-state index contributed by atoms with van der Waals surface area (Å²) in [5.41, 5.74) is 2.60. The van der Waals surface area contributed by atoms with E-state index in [0.29, 0.717) is 29.9 Å².